The molecule has 3 heterocycles. The van der Waals surface area contributed by atoms with E-state index >= 15 is 0 Å². The molecule has 0 spiro atoms. The first-order valence-corrected chi connectivity index (χ1v) is 18.2. The number of amidine groups is 1. The molecule has 3 aliphatic heterocycles. The molecule has 0 aromatic heterocycles. The highest BCUT2D eigenvalue weighted by molar-refractivity contribution is 8.18. The molecule has 0 unspecified atom stereocenters. The van der Waals surface area contributed by atoms with Crippen molar-refractivity contribution in [3.8, 4) is 11.5 Å². The number of rotatable bonds is 9. The van der Waals surface area contributed by atoms with Gasteiger partial charge in [0.25, 0.3) is 5.91 Å². The molecule has 6 nitrogen and oxygen atoms in total. The Bertz CT molecular complexity index is 1990. The van der Waals surface area contributed by atoms with Crippen LogP contribution in [-0.2, 0) is 11.4 Å². The number of anilines is 1. The van der Waals surface area contributed by atoms with Gasteiger partial charge < -0.3 is 19.7 Å². The third-order valence-corrected chi connectivity index (χ3v) is 10.6. The maximum Gasteiger partial charge on any atom is 0.264 e. The smallest absolute Gasteiger partial charge is 0.264 e. The Morgan fingerprint density at radius 1 is 0.780 bits per heavy atom. The van der Waals surface area contributed by atoms with Crippen LogP contribution in [0.4, 0.5) is 11.4 Å². The Kier molecular flexibility index (Phi) is 9.14. The molecule has 50 heavy (non-hydrogen) atoms. The van der Waals surface area contributed by atoms with Crippen molar-refractivity contribution in [2.45, 2.75) is 38.2 Å². The minimum Gasteiger partial charge on any atom is -0.490 e. The molecule has 1 saturated heterocycles. The van der Waals surface area contributed by atoms with Gasteiger partial charge in [0.05, 0.1) is 17.2 Å². The highest BCUT2D eigenvalue weighted by Crippen LogP contribution is 2.50. The summed E-state index contributed by atoms with van der Waals surface area (Å²) in [6.07, 6.45) is 4.01. The Labute approximate surface area is 297 Å². The van der Waals surface area contributed by atoms with Gasteiger partial charge in [-0.2, -0.15) is 0 Å². The second-order valence-electron chi connectivity index (χ2n) is 12.9. The lowest BCUT2D eigenvalue weighted by Gasteiger charge is -2.43. The van der Waals surface area contributed by atoms with Gasteiger partial charge in [-0.05, 0) is 95.2 Å². The molecule has 5 aromatic carbocycles. The van der Waals surface area contributed by atoms with E-state index in [1.54, 1.807) is 0 Å². The summed E-state index contributed by atoms with van der Waals surface area (Å²) in [6.45, 7) is 4.98. The van der Waals surface area contributed by atoms with Gasteiger partial charge in [0, 0.05) is 30.6 Å². The van der Waals surface area contributed by atoms with E-state index in [0.29, 0.717) is 34.8 Å². The van der Waals surface area contributed by atoms with E-state index in [4.69, 9.17) is 14.5 Å². The maximum absolute atomic E-state index is 13.3. The van der Waals surface area contributed by atoms with Gasteiger partial charge in [0.1, 0.15) is 6.61 Å². The normalized spacial score (nSPS) is 19.7. The van der Waals surface area contributed by atoms with Crippen LogP contribution in [0.2, 0.25) is 0 Å². The molecule has 7 heteroatoms. The van der Waals surface area contributed by atoms with Crippen LogP contribution in [-0.4, -0.2) is 30.8 Å². The van der Waals surface area contributed by atoms with Crippen molar-refractivity contribution in [3.63, 3.8) is 0 Å². The van der Waals surface area contributed by atoms with Gasteiger partial charge in [-0.25, -0.2) is 4.99 Å². The Hall–Kier alpha value is -5.27. The van der Waals surface area contributed by atoms with E-state index in [-0.39, 0.29) is 17.7 Å². The van der Waals surface area contributed by atoms with Crippen LogP contribution in [0.1, 0.15) is 65.0 Å². The zero-order valence-corrected chi connectivity index (χ0v) is 28.9. The number of nitrogens with one attached hydrogen (secondary N) is 1. The predicted octanol–water partition coefficient (Wildman–Crippen LogP) is 9.43. The minimum absolute atomic E-state index is 0.161. The number of thioether (sulfide) groups is 1. The molecule has 0 aliphatic carbocycles. The SMILES string of the molecule is CCOc1cc(/C=C2\SC(=Nc3cc4c5c(c3)[C@H](c3ccccc3)CCN5CC[C@H]4c3ccccc3)NC2=O)ccc1OCc1ccccc1. The number of carbonyl (C=O) groups is 1. The summed E-state index contributed by atoms with van der Waals surface area (Å²) >= 11 is 1.37. The summed E-state index contributed by atoms with van der Waals surface area (Å²) in [4.78, 5) is 21.5. The summed E-state index contributed by atoms with van der Waals surface area (Å²) in [6, 6.07) is 42.0. The van der Waals surface area contributed by atoms with Crippen LogP contribution in [0, 0.1) is 0 Å². The van der Waals surface area contributed by atoms with Crippen molar-refractivity contribution in [1.82, 2.24) is 5.32 Å². The van der Waals surface area contributed by atoms with Gasteiger partial charge in [0.2, 0.25) is 0 Å². The van der Waals surface area contributed by atoms with Gasteiger partial charge in [0.15, 0.2) is 16.7 Å². The first-order valence-electron chi connectivity index (χ1n) is 17.4. The van der Waals surface area contributed by atoms with Crippen LogP contribution < -0.4 is 19.7 Å². The molecule has 3 aliphatic rings. The molecule has 1 N–H and O–H groups in total. The lowest BCUT2D eigenvalue weighted by atomic mass is 9.76. The molecule has 1 fully saturated rings. The monoisotopic (exact) mass is 677 g/mol. The van der Waals surface area contributed by atoms with Crippen molar-refractivity contribution in [3.05, 3.63) is 160 Å². The lowest BCUT2D eigenvalue weighted by Crippen LogP contribution is -2.37. The van der Waals surface area contributed by atoms with Gasteiger partial charge in [-0.1, -0.05) is 97.1 Å². The van der Waals surface area contributed by atoms with Gasteiger partial charge in [-0.3, -0.25) is 4.79 Å². The van der Waals surface area contributed by atoms with Crippen molar-refractivity contribution in [1.29, 1.82) is 0 Å². The van der Waals surface area contributed by atoms with Crippen LogP contribution in [0.25, 0.3) is 6.08 Å². The van der Waals surface area contributed by atoms with Crippen molar-refractivity contribution >= 4 is 40.3 Å². The average Bonchev–Trinajstić information content (AvgIpc) is 3.50. The van der Waals surface area contributed by atoms with Crippen LogP contribution in [0.5, 0.6) is 11.5 Å². The van der Waals surface area contributed by atoms with Crippen LogP contribution >= 0.6 is 11.8 Å². The zero-order chi connectivity index (χ0) is 33.9. The van der Waals surface area contributed by atoms with Crippen LogP contribution in [0.3, 0.4) is 0 Å². The highest BCUT2D eigenvalue weighted by Gasteiger charge is 2.35. The van der Waals surface area contributed by atoms with E-state index < -0.39 is 0 Å². The molecule has 5 aromatic rings. The number of amides is 1. The first kappa shape index (κ1) is 32.0. The molecule has 0 saturated carbocycles. The molecular weight excluding hydrogens is 639 g/mol. The number of hydrogen-bond acceptors (Lipinski definition) is 6. The Morgan fingerprint density at radius 2 is 1.40 bits per heavy atom. The zero-order valence-electron chi connectivity index (χ0n) is 28.0. The Morgan fingerprint density at radius 3 is 2.02 bits per heavy atom. The fourth-order valence-corrected chi connectivity index (χ4v) is 8.23. The maximum atomic E-state index is 13.3. The third kappa shape index (κ3) is 6.66. The topological polar surface area (TPSA) is 63.2 Å². The summed E-state index contributed by atoms with van der Waals surface area (Å²) in [7, 11) is 0. The molecule has 0 bridgehead atoms. The van der Waals surface area contributed by atoms with E-state index in [2.05, 4.69) is 83.0 Å². The minimum atomic E-state index is -0.161. The molecule has 0 radical (unpaired) electrons. The van der Waals surface area contributed by atoms with Crippen LogP contribution in [0.15, 0.2) is 131 Å². The highest BCUT2D eigenvalue weighted by atomic mass is 32.2. The average molecular weight is 678 g/mol. The largest absolute Gasteiger partial charge is 0.490 e. The number of benzene rings is 5. The van der Waals surface area contributed by atoms with Gasteiger partial charge >= 0.3 is 0 Å². The number of nitrogens with zero attached hydrogens (tertiary/aromatic N) is 2. The number of aliphatic imine (C=N–C) groups is 1. The molecule has 250 valence electrons. The second kappa shape index (κ2) is 14.3. The number of ether oxygens (including phenoxy) is 2. The summed E-state index contributed by atoms with van der Waals surface area (Å²) < 4.78 is 12.0. The Balaban J connectivity index is 1.11. The quantitative estimate of drug-likeness (QED) is 0.158. The summed E-state index contributed by atoms with van der Waals surface area (Å²) in [5.41, 5.74) is 9.47. The molecule has 2 atom stereocenters. The fraction of sp³-hybridized carbons (Fsp3) is 0.209. The van der Waals surface area contributed by atoms with Crippen molar-refractivity contribution in [2.75, 3.05) is 24.6 Å². The number of hydrogen-bond donors (Lipinski definition) is 1. The summed E-state index contributed by atoms with van der Waals surface area (Å²) in [5.74, 6) is 1.73. The second-order valence-corrected chi connectivity index (χ2v) is 13.9. The lowest BCUT2D eigenvalue weighted by molar-refractivity contribution is -0.115. The standard InChI is InChI=1S/C43H39N3O3S/c1-2-48-39-24-30(18-19-38(39)49-28-29-12-6-3-7-13-29)25-40-42(47)45-43(50-40)44-33-26-36-34(31-14-8-4-9-15-31)20-22-46-23-21-35(37(27-33)41(36)46)32-16-10-5-11-17-32/h3-19,24-27,34-35H,2,20-23,28H2,1H3,(H,44,45,47)/b40-25-/t34-,35-/m0/s1. The summed E-state index contributed by atoms with van der Waals surface area (Å²) in [5, 5.41) is 3.61. The van der Waals surface area contributed by atoms with E-state index in [1.165, 1.54) is 39.7 Å². The first-order chi connectivity index (χ1) is 24.6. The number of carbonyl (C=O) groups excluding carboxylic acids is 1. The van der Waals surface area contributed by atoms with Gasteiger partial charge in [-0.15, -0.1) is 0 Å². The van der Waals surface area contributed by atoms with E-state index in [1.807, 2.05) is 61.5 Å². The van der Waals surface area contributed by atoms with E-state index in [0.717, 1.165) is 42.7 Å². The predicted molar refractivity (Wildman–Crippen MR) is 204 cm³/mol. The molecule has 8 rings (SSSR count). The van der Waals surface area contributed by atoms with Crippen molar-refractivity contribution < 1.29 is 14.3 Å². The fourth-order valence-electron chi connectivity index (χ4n) is 7.39. The molecular formula is C43H39N3O3S. The molecule has 1 amide bonds. The van der Waals surface area contributed by atoms with Crippen molar-refractivity contribution in [2.24, 2.45) is 4.99 Å². The van der Waals surface area contributed by atoms with E-state index in [9.17, 15) is 4.79 Å². The third-order valence-electron chi connectivity index (χ3n) is 9.68.